The quantitative estimate of drug-likeness (QED) is 0.749. The summed E-state index contributed by atoms with van der Waals surface area (Å²) in [6, 6.07) is 18.3. The number of aromatic amines is 1. The molecular formula is C16H15N3. The van der Waals surface area contributed by atoms with Gasteiger partial charge in [0.25, 0.3) is 0 Å². The van der Waals surface area contributed by atoms with Gasteiger partial charge in [-0.15, -0.1) is 0 Å². The summed E-state index contributed by atoms with van der Waals surface area (Å²) in [5.74, 6) is 0.888. The molecule has 0 saturated carbocycles. The lowest BCUT2D eigenvalue weighted by atomic mass is 10.1. The third-order valence-electron chi connectivity index (χ3n) is 3.12. The van der Waals surface area contributed by atoms with Gasteiger partial charge in [-0.3, -0.25) is 0 Å². The molecule has 19 heavy (non-hydrogen) atoms. The molecule has 1 heterocycles. The summed E-state index contributed by atoms with van der Waals surface area (Å²) in [7, 11) is 0. The van der Waals surface area contributed by atoms with Gasteiger partial charge in [0, 0.05) is 12.1 Å². The van der Waals surface area contributed by atoms with Crippen molar-refractivity contribution in [3.05, 3.63) is 66.4 Å². The number of benzene rings is 2. The number of nitrogens with zero attached hydrogens (tertiary/aromatic N) is 1. The standard InChI is InChI=1S/C16H15N3/c17-10-12-6-8-13(9-7-12)15-11-18-16(19-15)14-4-2-1-3-5-14/h1-9,11H,10,17H2,(H,18,19). The van der Waals surface area contributed by atoms with Crippen LogP contribution in [0.1, 0.15) is 5.56 Å². The Morgan fingerprint density at radius 3 is 2.32 bits per heavy atom. The first-order valence-electron chi connectivity index (χ1n) is 6.26. The Balaban J connectivity index is 1.92. The molecule has 0 amide bonds. The maximum atomic E-state index is 5.60. The van der Waals surface area contributed by atoms with Crippen LogP contribution >= 0.6 is 0 Å². The highest BCUT2D eigenvalue weighted by Gasteiger charge is 2.04. The molecule has 0 fully saturated rings. The molecule has 0 atom stereocenters. The summed E-state index contributed by atoms with van der Waals surface area (Å²) >= 11 is 0. The molecule has 3 nitrogen and oxygen atoms in total. The van der Waals surface area contributed by atoms with E-state index in [0.29, 0.717) is 6.54 Å². The van der Waals surface area contributed by atoms with Crippen LogP contribution in [0.25, 0.3) is 22.6 Å². The second kappa shape index (κ2) is 5.08. The second-order valence-electron chi connectivity index (χ2n) is 4.41. The van der Waals surface area contributed by atoms with Crippen molar-refractivity contribution in [2.45, 2.75) is 6.54 Å². The number of nitrogens with one attached hydrogen (secondary N) is 1. The van der Waals surface area contributed by atoms with E-state index in [0.717, 1.165) is 28.2 Å². The minimum Gasteiger partial charge on any atom is -0.338 e. The summed E-state index contributed by atoms with van der Waals surface area (Å²) in [5.41, 5.74) is 9.95. The van der Waals surface area contributed by atoms with Gasteiger partial charge in [0.05, 0.1) is 11.9 Å². The SMILES string of the molecule is NCc1ccc(-c2cnc(-c3ccccc3)[nH]2)cc1. The monoisotopic (exact) mass is 249 g/mol. The van der Waals surface area contributed by atoms with Crippen LogP contribution in [0.3, 0.4) is 0 Å². The highest BCUT2D eigenvalue weighted by atomic mass is 14.9. The van der Waals surface area contributed by atoms with Crippen LogP contribution in [0.5, 0.6) is 0 Å². The van der Waals surface area contributed by atoms with Gasteiger partial charge >= 0.3 is 0 Å². The average molecular weight is 249 g/mol. The number of hydrogen-bond donors (Lipinski definition) is 2. The van der Waals surface area contributed by atoms with E-state index >= 15 is 0 Å². The van der Waals surface area contributed by atoms with Gasteiger partial charge in [0.2, 0.25) is 0 Å². The van der Waals surface area contributed by atoms with Crippen LogP contribution in [0.4, 0.5) is 0 Å². The Morgan fingerprint density at radius 2 is 1.63 bits per heavy atom. The molecule has 0 aliphatic carbocycles. The van der Waals surface area contributed by atoms with Crippen LogP contribution in [-0.4, -0.2) is 9.97 Å². The van der Waals surface area contributed by atoms with Gasteiger partial charge in [0.15, 0.2) is 0 Å². The maximum Gasteiger partial charge on any atom is 0.137 e. The average Bonchev–Trinajstić information content (AvgIpc) is 2.98. The zero-order valence-electron chi connectivity index (χ0n) is 10.5. The predicted molar refractivity (Wildman–Crippen MR) is 77.4 cm³/mol. The number of imidazole rings is 1. The largest absolute Gasteiger partial charge is 0.338 e. The van der Waals surface area contributed by atoms with Crippen molar-refractivity contribution in [1.82, 2.24) is 9.97 Å². The van der Waals surface area contributed by atoms with E-state index in [-0.39, 0.29) is 0 Å². The Labute approximate surface area is 112 Å². The number of rotatable bonds is 3. The molecule has 0 unspecified atom stereocenters. The molecule has 0 saturated heterocycles. The third kappa shape index (κ3) is 2.41. The first kappa shape index (κ1) is 11.7. The second-order valence-corrected chi connectivity index (χ2v) is 4.41. The lowest BCUT2D eigenvalue weighted by Gasteiger charge is -2.00. The summed E-state index contributed by atoms with van der Waals surface area (Å²) in [4.78, 5) is 7.77. The van der Waals surface area contributed by atoms with Crippen LogP contribution < -0.4 is 5.73 Å². The molecule has 3 rings (SSSR count). The third-order valence-corrected chi connectivity index (χ3v) is 3.12. The molecule has 3 heteroatoms. The molecule has 2 aromatic carbocycles. The van der Waals surface area contributed by atoms with E-state index in [1.54, 1.807) is 0 Å². The van der Waals surface area contributed by atoms with Crippen molar-refractivity contribution in [3.63, 3.8) is 0 Å². The molecule has 3 N–H and O–H groups in total. The summed E-state index contributed by atoms with van der Waals surface area (Å²) in [5, 5.41) is 0. The van der Waals surface area contributed by atoms with Crippen LogP contribution in [0, 0.1) is 0 Å². The Morgan fingerprint density at radius 1 is 0.895 bits per heavy atom. The molecule has 3 aromatic rings. The van der Waals surface area contributed by atoms with Crippen molar-refractivity contribution < 1.29 is 0 Å². The van der Waals surface area contributed by atoms with E-state index in [9.17, 15) is 0 Å². The fourth-order valence-corrected chi connectivity index (χ4v) is 2.03. The van der Waals surface area contributed by atoms with Gasteiger partial charge in [-0.25, -0.2) is 4.98 Å². The van der Waals surface area contributed by atoms with Gasteiger partial charge in [0.1, 0.15) is 5.82 Å². The smallest absolute Gasteiger partial charge is 0.137 e. The van der Waals surface area contributed by atoms with E-state index < -0.39 is 0 Å². The van der Waals surface area contributed by atoms with Crippen molar-refractivity contribution in [3.8, 4) is 22.6 Å². The zero-order valence-corrected chi connectivity index (χ0v) is 10.5. The predicted octanol–water partition coefficient (Wildman–Crippen LogP) is 3.20. The van der Waals surface area contributed by atoms with Crippen molar-refractivity contribution in [1.29, 1.82) is 0 Å². The zero-order chi connectivity index (χ0) is 13.1. The highest BCUT2D eigenvalue weighted by molar-refractivity contribution is 5.64. The van der Waals surface area contributed by atoms with Crippen LogP contribution in [-0.2, 0) is 6.54 Å². The number of aromatic nitrogens is 2. The van der Waals surface area contributed by atoms with E-state index in [4.69, 9.17) is 5.73 Å². The van der Waals surface area contributed by atoms with E-state index in [1.807, 2.05) is 48.7 Å². The fraction of sp³-hybridized carbons (Fsp3) is 0.0625. The molecule has 0 radical (unpaired) electrons. The Bertz CT molecular complexity index is 654. The number of H-pyrrole nitrogens is 1. The van der Waals surface area contributed by atoms with E-state index in [1.165, 1.54) is 0 Å². The Kier molecular flexibility index (Phi) is 3.12. The van der Waals surface area contributed by atoms with Gasteiger partial charge in [-0.1, -0.05) is 54.6 Å². The molecule has 1 aromatic heterocycles. The van der Waals surface area contributed by atoms with Crippen molar-refractivity contribution in [2.24, 2.45) is 5.73 Å². The van der Waals surface area contributed by atoms with Gasteiger partial charge < -0.3 is 10.7 Å². The molecular weight excluding hydrogens is 234 g/mol. The highest BCUT2D eigenvalue weighted by Crippen LogP contribution is 2.22. The number of hydrogen-bond acceptors (Lipinski definition) is 2. The summed E-state index contributed by atoms with van der Waals surface area (Å²) in [6.07, 6.45) is 1.86. The summed E-state index contributed by atoms with van der Waals surface area (Å²) in [6.45, 7) is 0.568. The van der Waals surface area contributed by atoms with Gasteiger partial charge in [-0.2, -0.15) is 0 Å². The molecule has 0 aliphatic heterocycles. The molecule has 0 aliphatic rings. The minimum atomic E-state index is 0.568. The van der Waals surface area contributed by atoms with Crippen molar-refractivity contribution in [2.75, 3.05) is 0 Å². The molecule has 94 valence electrons. The Hall–Kier alpha value is -2.39. The normalized spacial score (nSPS) is 10.6. The molecule has 0 spiro atoms. The van der Waals surface area contributed by atoms with Crippen molar-refractivity contribution >= 4 is 0 Å². The first-order chi connectivity index (χ1) is 9.36. The lowest BCUT2D eigenvalue weighted by molar-refractivity contribution is 1.07. The topological polar surface area (TPSA) is 54.7 Å². The molecule has 0 bridgehead atoms. The number of nitrogens with two attached hydrogens (primary N) is 1. The summed E-state index contributed by atoms with van der Waals surface area (Å²) < 4.78 is 0. The maximum absolute atomic E-state index is 5.60. The van der Waals surface area contributed by atoms with Gasteiger partial charge in [-0.05, 0) is 11.1 Å². The first-order valence-corrected chi connectivity index (χ1v) is 6.26. The van der Waals surface area contributed by atoms with Crippen LogP contribution in [0.15, 0.2) is 60.8 Å². The fourth-order valence-electron chi connectivity index (χ4n) is 2.03. The van der Waals surface area contributed by atoms with E-state index in [2.05, 4.69) is 22.1 Å². The minimum absolute atomic E-state index is 0.568. The lowest BCUT2D eigenvalue weighted by Crippen LogP contribution is -1.95. The van der Waals surface area contributed by atoms with Crippen LogP contribution in [0.2, 0.25) is 0 Å².